The molecule has 1 aromatic carbocycles. The average Bonchev–Trinajstić information content (AvgIpc) is 2.97. The van der Waals surface area contributed by atoms with E-state index in [4.69, 9.17) is 0 Å². The number of benzene rings is 1. The third-order valence-electron chi connectivity index (χ3n) is 3.06. The second kappa shape index (κ2) is 7.10. The zero-order valence-corrected chi connectivity index (χ0v) is 12.9. The number of hydrogen-bond donors (Lipinski definition) is 1. The fraction of sp³-hybridized carbons (Fsp3) is 0.200. The van der Waals surface area contributed by atoms with Gasteiger partial charge in [-0.15, -0.1) is 0 Å². The number of hydrogen-bond acceptors (Lipinski definition) is 5. The number of nitro groups is 1. The highest BCUT2D eigenvalue weighted by atomic mass is 32.1. The summed E-state index contributed by atoms with van der Waals surface area (Å²) in [6.45, 7) is 1.65. The smallest absolute Gasteiger partial charge is 0.324 e. The number of carbonyl (C=O) groups is 2. The second-order valence-electron chi connectivity index (χ2n) is 4.94. The van der Waals surface area contributed by atoms with E-state index in [0.717, 1.165) is 11.3 Å². The molecule has 0 aliphatic carbocycles. The quantitative estimate of drug-likeness (QED) is 0.498. The molecule has 120 valence electrons. The molecule has 2 rings (SSSR count). The van der Waals surface area contributed by atoms with Gasteiger partial charge in [0, 0.05) is 29.5 Å². The molecule has 0 saturated heterocycles. The molecule has 1 atom stereocenters. The largest absolute Gasteiger partial charge is 0.349 e. The monoisotopic (exact) mass is 336 g/mol. The van der Waals surface area contributed by atoms with Crippen LogP contribution in [0.2, 0.25) is 0 Å². The lowest BCUT2D eigenvalue weighted by Gasteiger charge is -2.12. The molecule has 2 aromatic rings. The van der Waals surface area contributed by atoms with Gasteiger partial charge in [0.1, 0.15) is 5.82 Å². The maximum atomic E-state index is 12.8. The van der Waals surface area contributed by atoms with Crippen molar-refractivity contribution in [3.63, 3.8) is 0 Å². The van der Waals surface area contributed by atoms with Crippen molar-refractivity contribution >= 4 is 28.0 Å². The molecule has 23 heavy (non-hydrogen) atoms. The molecular formula is C15H13FN2O4S. The number of Topliss-reactive ketones (excluding diaryl/α,β-unsaturated/α-hetero) is 1. The van der Waals surface area contributed by atoms with Gasteiger partial charge in [0.05, 0.1) is 10.5 Å². The topological polar surface area (TPSA) is 89.3 Å². The molecule has 0 bridgehead atoms. The van der Waals surface area contributed by atoms with Gasteiger partial charge >= 0.3 is 5.00 Å². The van der Waals surface area contributed by atoms with E-state index in [1.807, 2.05) is 0 Å². The Labute approximate surface area is 135 Å². The van der Waals surface area contributed by atoms with Crippen LogP contribution in [0.5, 0.6) is 0 Å². The van der Waals surface area contributed by atoms with Gasteiger partial charge in [-0.05, 0) is 31.2 Å². The number of amides is 1. The van der Waals surface area contributed by atoms with Crippen molar-refractivity contribution in [3.8, 4) is 0 Å². The first-order valence-electron chi connectivity index (χ1n) is 6.69. The fourth-order valence-corrected chi connectivity index (χ4v) is 2.63. The summed E-state index contributed by atoms with van der Waals surface area (Å²) in [4.78, 5) is 34.0. The summed E-state index contributed by atoms with van der Waals surface area (Å²) < 4.78 is 12.8. The summed E-state index contributed by atoms with van der Waals surface area (Å²) >= 11 is 0.863. The number of ketones is 1. The first-order valence-corrected chi connectivity index (χ1v) is 7.57. The third kappa shape index (κ3) is 4.43. The van der Waals surface area contributed by atoms with Crippen molar-refractivity contribution < 1.29 is 18.9 Å². The van der Waals surface area contributed by atoms with Crippen LogP contribution < -0.4 is 5.32 Å². The van der Waals surface area contributed by atoms with Crippen molar-refractivity contribution in [2.24, 2.45) is 0 Å². The standard InChI is InChI=1S/C15H13FN2O4S/c1-9(6-13(19)10-2-4-12(16)5-3-10)17-15(20)11-7-14(18(21)22)23-8-11/h2-5,7-9H,6H2,1H3,(H,17,20)/t9-/m0/s1. The van der Waals surface area contributed by atoms with Crippen LogP contribution >= 0.6 is 11.3 Å². The van der Waals surface area contributed by atoms with Gasteiger partial charge in [0.25, 0.3) is 5.91 Å². The SMILES string of the molecule is C[C@@H](CC(=O)c1ccc(F)cc1)NC(=O)c1csc([N+](=O)[O-])c1. The highest BCUT2D eigenvalue weighted by molar-refractivity contribution is 7.13. The first kappa shape index (κ1) is 16.8. The van der Waals surface area contributed by atoms with Gasteiger partial charge in [0.2, 0.25) is 0 Å². The summed E-state index contributed by atoms with van der Waals surface area (Å²) in [5.41, 5.74) is 0.543. The van der Waals surface area contributed by atoms with E-state index in [-0.39, 0.29) is 22.8 Å². The molecule has 0 spiro atoms. The van der Waals surface area contributed by atoms with Gasteiger partial charge in [-0.25, -0.2) is 4.39 Å². The van der Waals surface area contributed by atoms with E-state index < -0.39 is 22.7 Å². The van der Waals surface area contributed by atoms with Crippen LogP contribution in [0.25, 0.3) is 0 Å². The Kier molecular flexibility index (Phi) is 5.17. The number of nitrogens with one attached hydrogen (secondary N) is 1. The van der Waals surface area contributed by atoms with E-state index in [1.165, 1.54) is 35.7 Å². The predicted octanol–water partition coefficient (Wildman–Crippen LogP) is 3.19. The summed E-state index contributed by atoms with van der Waals surface area (Å²) in [5, 5.41) is 14.5. The minimum atomic E-state index is -0.567. The third-order valence-corrected chi connectivity index (χ3v) is 3.94. The van der Waals surface area contributed by atoms with Crippen LogP contribution in [0, 0.1) is 15.9 Å². The maximum Gasteiger partial charge on any atom is 0.324 e. The van der Waals surface area contributed by atoms with Gasteiger partial charge in [-0.1, -0.05) is 11.3 Å². The highest BCUT2D eigenvalue weighted by Gasteiger charge is 2.18. The molecular weight excluding hydrogens is 323 g/mol. The van der Waals surface area contributed by atoms with Crippen molar-refractivity contribution in [2.45, 2.75) is 19.4 Å². The Morgan fingerprint density at radius 2 is 1.96 bits per heavy atom. The van der Waals surface area contributed by atoms with Crippen LogP contribution in [0.15, 0.2) is 35.7 Å². The van der Waals surface area contributed by atoms with Gasteiger partial charge in [0.15, 0.2) is 5.78 Å². The van der Waals surface area contributed by atoms with Crippen molar-refractivity contribution in [2.75, 3.05) is 0 Å². The second-order valence-corrected chi connectivity index (χ2v) is 5.83. The lowest BCUT2D eigenvalue weighted by atomic mass is 10.0. The molecule has 0 aliphatic heterocycles. The van der Waals surface area contributed by atoms with Crippen LogP contribution in [0.1, 0.15) is 34.1 Å². The van der Waals surface area contributed by atoms with Crippen molar-refractivity contribution in [1.82, 2.24) is 5.32 Å². The average molecular weight is 336 g/mol. The maximum absolute atomic E-state index is 12.8. The molecule has 8 heteroatoms. The number of nitrogens with zero attached hydrogens (tertiary/aromatic N) is 1. The van der Waals surface area contributed by atoms with E-state index >= 15 is 0 Å². The molecule has 6 nitrogen and oxygen atoms in total. The molecule has 1 amide bonds. The molecule has 0 saturated carbocycles. The molecule has 0 unspecified atom stereocenters. The van der Waals surface area contributed by atoms with Crippen molar-refractivity contribution in [3.05, 3.63) is 62.8 Å². The van der Waals surface area contributed by atoms with Crippen LogP contribution in [-0.4, -0.2) is 22.7 Å². The molecule has 0 fully saturated rings. The first-order chi connectivity index (χ1) is 10.9. The molecule has 0 radical (unpaired) electrons. The summed E-state index contributed by atoms with van der Waals surface area (Å²) in [5.74, 6) is -1.13. The Morgan fingerprint density at radius 1 is 1.30 bits per heavy atom. The predicted molar refractivity (Wildman–Crippen MR) is 83.2 cm³/mol. The molecule has 1 heterocycles. The number of carbonyl (C=O) groups excluding carboxylic acids is 2. The summed E-state index contributed by atoms with van der Waals surface area (Å²) in [7, 11) is 0. The highest BCUT2D eigenvalue weighted by Crippen LogP contribution is 2.22. The molecule has 0 aliphatic rings. The Morgan fingerprint density at radius 3 is 2.52 bits per heavy atom. The van der Waals surface area contributed by atoms with Gasteiger partial charge in [-0.3, -0.25) is 19.7 Å². The number of halogens is 1. The molecule has 1 aromatic heterocycles. The van der Waals surface area contributed by atoms with Crippen LogP contribution in [0.4, 0.5) is 9.39 Å². The van der Waals surface area contributed by atoms with Crippen LogP contribution in [0.3, 0.4) is 0 Å². The minimum Gasteiger partial charge on any atom is -0.349 e. The molecule has 1 N–H and O–H groups in total. The van der Waals surface area contributed by atoms with Gasteiger partial charge < -0.3 is 5.32 Å². The zero-order chi connectivity index (χ0) is 17.0. The van der Waals surface area contributed by atoms with Crippen molar-refractivity contribution in [1.29, 1.82) is 0 Å². The Balaban J connectivity index is 1.94. The number of thiophene rings is 1. The minimum absolute atomic E-state index is 0.0452. The number of rotatable bonds is 6. The summed E-state index contributed by atoms with van der Waals surface area (Å²) in [6, 6.07) is 5.89. The van der Waals surface area contributed by atoms with E-state index in [2.05, 4.69) is 5.32 Å². The lowest BCUT2D eigenvalue weighted by Crippen LogP contribution is -2.34. The van der Waals surface area contributed by atoms with Gasteiger partial charge in [-0.2, -0.15) is 0 Å². The summed E-state index contributed by atoms with van der Waals surface area (Å²) in [6.07, 6.45) is 0.0452. The Bertz CT molecular complexity index is 742. The zero-order valence-electron chi connectivity index (χ0n) is 12.1. The normalized spacial score (nSPS) is 11.7. The lowest BCUT2D eigenvalue weighted by molar-refractivity contribution is -0.380. The van der Waals surface area contributed by atoms with E-state index in [9.17, 15) is 24.1 Å². The Hall–Kier alpha value is -2.61. The van der Waals surface area contributed by atoms with E-state index in [1.54, 1.807) is 6.92 Å². The fourth-order valence-electron chi connectivity index (χ4n) is 1.93. The van der Waals surface area contributed by atoms with E-state index in [0.29, 0.717) is 5.56 Å². The van der Waals surface area contributed by atoms with Crippen LogP contribution in [-0.2, 0) is 0 Å².